The van der Waals surface area contributed by atoms with Crippen LogP contribution in [-0.4, -0.2) is 49.2 Å². The van der Waals surface area contributed by atoms with Crippen LogP contribution in [0.4, 0.5) is 24.7 Å². The van der Waals surface area contributed by atoms with E-state index < -0.39 is 12.6 Å². The molecule has 8 nitrogen and oxygen atoms in total. The number of imidazole rings is 1. The Kier molecular flexibility index (Phi) is 6.82. The number of hydrogen-bond acceptors (Lipinski definition) is 6. The highest BCUT2D eigenvalue weighted by Crippen LogP contribution is 2.32. The second kappa shape index (κ2) is 10.2. The molecule has 190 valence electrons. The zero-order valence-corrected chi connectivity index (χ0v) is 19.9. The first-order valence-corrected chi connectivity index (χ1v) is 12.0. The lowest BCUT2D eigenvalue weighted by Crippen LogP contribution is -2.37. The zero-order valence-electron chi connectivity index (χ0n) is 19.9. The Balaban J connectivity index is 1.26. The molecule has 1 fully saturated rings. The van der Waals surface area contributed by atoms with Gasteiger partial charge in [-0.3, -0.25) is 0 Å². The van der Waals surface area contributed by atoms with Crippen LogP contribution in [0.2, 0.25) is 0 Å². The monoisotopic (exact) mass is 499 g/mol. The van der Waals surface area contributed by atoms with E-state index in [1.165, 1.54) is 0 Å². The van der Waals surface area contributed by atoms with Crippen molar-refractivity contribution in [3.05, 3.63) is 55.1 Å². The molecule has 0 bridgehead atoms. The average molecular weight is 500 g/mol. The third-order valence-corrected chi connectivity index (χ3v) is 6.36. The summed E-state index contributed by atoms with van der Waals surface area (Å²) >= 11 is 0. The Morgan fingerprint density at radius 2 is 1.92 bits per heavy atom. The van der Waals surface area contributed by atoms with Crippen LogP contribution >= 0.6 is 0 Å². The van der Waals surface area contributed by atoms with Crippen molar-refractivity contribution in [1.82, 2.24) is 29.6 Å². The molecule has 1 aromatic carbocycles. The van der Waals surface area contributed by atoms with Gasteiger partial charge in [-0.1, -0.05) is 6.07 Å². The molecule has 0 saturated heterocycles. The number of benzene rings is 1. The van der Waals surface area contributed by atoms with Gasteiger partial charge in [-0.05, 0) is 37.8 Å². The molecule has 0 unspecified atom stereocenters. The van der Waals surface area contributed by atoms with Gasteiger partial charge in [0.15, 0.2) is 11.6 Å². The first-order valence-electron chi connectivity index (χ1n) is 12.0. The molecule has 11 heteroatoms. The molecule has 2 N–H and O–H groups in total. The molecule has 0 atom stereocenters. The second-order valence-electron chi connectivity index (χ2n) is 9.06. The maximum atomic E-state index is 12.4. The van der Waals surface area contributed by atoms with Gasteiger partial charge in [-0.25, -0.2) is 14.6 Å². The van der Waals surface area contributed by atoms with E-state index in [4.69, 9.17) is 4.74 Å². The van der Waals surface area contributed by atoms with Crippen LogP contribution in [0.25, 0.3) is 16.9 Å². The fraction of sp³-hybridized carbons (Fsp3) is 0.400. The van der Waals surface area contributed by atoms with Gasteiger partial charge in [0.05, 0.1) is 30.1 Å². The minimum absolute atomic E-state index is 0.00700. The third kappa shape index (κ3) is 5.78. The molecule has 0 spiro atoms. The van der Waals surface area contributed by atoms with Crippen LogP contribution in [0.5, 0.6) is 5.75 Å². The van der Waals surface area contributed by atoms with E-state index >= 15 is 0 Å². The first-order chi connectivity index (χ1) is 17.3. The molecular weight excluding hydrogens is 471 g/mol. The summed E-state index contributed by atoms with van der Waals surface area (Å²) in [5, 5.41) is 11.0. The Morgan fingerprint density at radius 1 is 1.08 bits per heavy atom. The molecule has 1 saturated carbocycles. The van der Waals surface area contributed by atoms with Crippen molar-refractivity contribution >= 4 is 22.5 Å². The molecule has 0 aliphatic heterocycles. The number of alkyl halides is 3. The number of halogens is 3. The molecule has 36 heavy (non-hydrogen) atoms. The smallest absolute Gasteiger partial charge is 0.390 e. The SMILES string of the molecule is Cn1cnc2c(Nc3ccn(-c4ccccn4)n3)cc(O[C@H]3CC[C@@H](NCCC(F)(F)F)CC3)cc21. The lowest BCUT2D eigenvalue weighted by molar-refractivity contribution is -0.133. The van der Waals surface area contributed by atoms with Crippen molar-refractivity contribution < 1.29 is 17.9 Å². The molecule has 3 heterocycles. The molecule has 4 aromatic rings. The fourth-order valence-corrected chi connectivity index (χ4v) is 4.51. The summed E-state index contributed by atoms with van der Waals surface area (Å²) in [6.45, 7) is -0.0397. The number of nitrogens with one attached hydrogen (secondary N) is 2. The predicted molar refractivity (Wildman–Crippen MR) is 131 cm³/mol. The Hall–Kier alpha value is -3.60. The highest BCUT2D eigenvalue weighted by atomic mass is 19.4. The summed E-state index contributed by atoms with van der Waals surface area (Å²) in [6.07, 6.45) is 3.52. The summed E-state index contributed by atoms with van der Waals surface area (Å²) in [5.74, 6) is 2.08. The van der Waals surface area contributed by atoms with Gasteiger partial charge in [0.25, 0.3) is 0 Å². The van der Waals surface area contributed by atoms with Gasteiger partial charge in [-0.2, -0.15) is 13.2 Å². The number of pyridine rings is 1. The molecule has 1 aliphatic carbocycles. The maximum Gasteiger partial charge on any atom is 0.390 e. The molecule has 5 rings (SSSR count). The second-order valence-corrected chi connectivity index (χ2v) is 9.06. The first kappa shape index (κ1) is 24.1. The number of nitrogens with zero attached hydrogens (tertiary/aromatic N) is 5. The quantitative estimate of drug-likeness (QED) is 0.350. The number of hydrogen-bond donors (Lipinski definition) is 2. The number of fused-ring (bicyclic) bond motifs is 1. The summed E-state index contributed by atoms with van der Waals surface area (Å²) in [6, 6.07) is 11.5. The number of anilines is 2. The van der Waals surface area contributed by atoms with E-state index in [1.54, 1.807) is 17.2 Å². The van der Waals surface area contributed by atoms with Crippen molar-refractivity contribution in [1.29, 1.82) is 0 Å². The molecule has 0 amide bonds. The van der Waals surface area contributed by atoms with Crippen molar-refractivity contribution in [2.75, 3.05) is 11.9 Å². The van der Waals surface area contributed by atoms with Gasteiger partial charge in [0.2, 0.25) is 0 Å². The normalized spacial score (nSPS) is 18.4. The highest BCUT2D eigenvalue weighted by Gasteiger charge is 2.28. The van der Waals surface area contributed by atoms with Crippen molar-refractivity contribution in [3.8, 4) is 11.6 Å². The minimum atomic E-state index is -4.12. The minimum Gasteiger partial charge on any atom is -0.490 e. The largest absolute Gasteiger partial charge is 0.490 e. The van der Waals surface area contributed by atoms with E-state index in [-0.39, 0.29) is 18.7 Å². The van der Waals surface area contributed by atoms with Crippen molar-refractivity contribution in [2.24, 2.45) is 7.05 Å². The van der Waals surface area contributed by atoms with Gasteiger partial charge in [0, 0.05) is 50.2 Å². The van der Waals surface area contributed by atoms with Crippen LogP contribution in [0.1, 0.15) is 32.1 Å². The zero-order chi connectivity index (χ0) is 25.1. The van der Waals surface area contributed by atoms with E-state index in [0.717, 1.165) is 42.4 Å². The predicted octanol–water partition coefficient (Wildman–Crippen LogP) is 5.13. The summed E-state index contributed by atoms with van der Waals surface area (Å²) in [5.41, 5.74) is 2.49. The van der Waals surface area contributed by atoms with Gasteiger partial charge >= 0.3 is 6.18 Å². The van der Waals surface area contributed by atoms with E-state index in [1.807, 2.05) is 54.2 Å². The average Bonchev–Trinajstić information content (AvgIpc) is 3.47. The molecule has 3 aromatic heterocycles. The lowest BCUT2D eigenvalue weighted by Gasteiger charge is -2.30. The van der Waals surface area contributed by atoms with E-state index in [2.05, 4.69) is 25.7 Å². The Labute approximate surface area is 206 Å². The van der Waals surface area contributed by atoms with Gasteiger partial charge < -0.3 is 19.9 Å². The standard InChI is InChI=1S/C25H28F3N7O/c1-34-16-31-24-20(32-22-9-13-35(33-22)23-4-2-3-11-30-23)14-19(15-21(24)34)36-18-7-5-17(6-8-18)29-12-10-25(26,27)28/h2-4,9,11,13-18,29H,5-8,10,12H2,1H3,(H,32,33)/t17-,18+. The van der Waals surface area contributed by atoms with Crippen LogP contribution in [0, 0.1) is 0 Å². The van der Waals surface area contributed by atoms with Crippen LogP contribution in [0.15, 0.2) is 55.1 Å². The highest BCUT2D eigenvalue weighted by molar-refractivity contribution is 5.91. The van der Waals surface area contributed by atoms with Gasteiger partial charge in [0.1, 0.15) is 11.3 Å². The Morgan fingerprint density at radius 3 is 2.67 bits per heavy atom. The van der Waals surface area contributed by atoms with Crippen molar-refractivity contribution in [3.63, 3.8) is 0 Å². The summed E-state index contributed by atoms with van der Waals surface area (Å²) < 4.78 is 47.2. The van der Waals surface area contributed by atoms with Crippen LogP contribution < -0.4 is 15.4 Å². The number of aromatic nitrogens is 5. The molecular formula is C25H28F3N7O. The topological polar surface area (TPSA) is 81.8 Å². The van der Waals surface area contributed by atoms with E-state index in [0.29, 0.717) is 17.4 Å². The van der Waals surface area contributed by atoms with E-state index in [9.17, 15) is 13.2 Å². The number of aryl methyl sites for hydroxylation is 1. The summed E-state index contributed by atoms with van der Waals surface area (Å²) in [4.78, 5) is 8.85. The Bertz CT molecular complexity index is 1290. The van der Waals surface area contributed by atoms with Crippen LogP contribution in [-0.2, 0) is 7.05 Å². The van der Waals surface area contributed by atoms with Crippen LogP contribution in [0.3, 0.4) is 0 Å². The van der Waals surface area contributed by atoms with Gasteiger partial charge in [-0.15, -0.1) is 5.10 Å². The third-order valence-electron chi connectivity index (χ3n) is 6.36. The molecule has 1 aliphatic rings. The summed E-state index contributed by atoms with van der Waals surface area (Å²) in [7, 11) is 1.93. The van der Waals surface area contributed by atoms with Crippen molar-refractivity contribution in [2.45, 2.75) is 50.4 Å². The lowest BCUT2D eigenvalue weighted by atomic mass is 9.93. The molecule has 0 radical (unpaired) electrons. The maximum absolute atomic E-state index is 12.4. The fourth-order valence-electron chi connectivity index (χ4n) is 4.51. The number of ether oxygens (including phenoxy) is 1. The number of rotatable bonds is 8.